The molecule has 1 aliphatic carbocycles. The van der Waals surface area contributed by atoms with Crippen molar-refractivity contribution in [2.45, 2.75) is 18.8 Å². The fourth-order valence-corrected chi connectivity index (χ4v) is 5.55. The predicted octanol–water partition coefficient (Wildman–Crippen LogP) is 7.74. The maximum Gasteiger partial charge on any atom is 0.227 e. The molecule has 0 fully saturated rings. The minimum atomic E-state index is 0.0999. The van der Waals surface area contributed by atoms with E-state index in [1.165, 1.54) is 0 Å². The largest absolute Gasteiger partial charge is 0.439 e. The lowest BCUT2D eigenvalue weighted by Gasteiger charge is -2.09. The Labute approximate surface area is 246 Å². The minimum absolute atomic E-state index is 0.0999. The Morgan fingerprint density at radius 2 is 1.37 bits per heavy atom. The molecule has 0 amide bonds. The molecule has 0 saturated heterocycles. The van der Waals surface area contributed by atoms with Crippen molar-refractivity contribution in [1.29, 1.82) is 0 Å². The van der Waals surface area contributed by atoms with Crippen molar-refractivity contribution in [2.24, 2.45) is 0 Å². The van der Waals surface area contributed by atoms with E-state index in [1.807, 2.05) is 54.6 Å². The predicted molar refractivity (Wildman–Crippen MR) is 164 cm³/mol. The van der Waals surface area contributed by atoms with Crippen LogP contribution in [0.4, 0.5) is 0 Å². The monoisotopic (exact) mass is 560 g/mol. The van der Waals surface area contributed by atoms with E-state index in [2.05, 4.69) is 56.4 Å². The topological polar surface area (TPSA) is 104 Å². The van der Waals surface area contributed by atoms with Gasteiger partial charge in [0.25, 0.3) is 0 Å². The van der Waals surface area contributed by atoms with Crippen molar-refractivity contribution in [3.05, 3.63) is 133 Å². The molecule has 8 rings (SSSR count). The summed E-state index contributed by atoms with van der Waals surface area (Å²) in [5, 5.41) is 0. The molecule has 1 unspecified atom stereocenters. The summed E-state index contributed by atoms with van der Waals surface area (Å²) in [5.41, 5.74) is 9.32. The Morgan fingerprint density at radius 1 is 0.698 bits per heavy atom. The standard InChI is InChI=1S/C35H24N6O2/c1-3-7-24(8-4-1)34-40-30-18-22(16-26(32(30)42-34)28-11-13-36-20-38-28)15-23-17-27(29-12-14-37-21-39-29)33-31(19-23)41-35(43-33)25-9-5-2-6-10-25/h1-9,11-14,16-21,25H,10,15H2. The maximum absolute atomic E-state index is 6.38. The van der Waals surface area contributed by atoms with Crippen LogP contribution >= 0.6 is 0 Å². The molecule has 1 atom stereocenters. The fourth-order valence-electron chi connectivity index (χ4n) is 5.55. The third-order valence-corrected chi connectivity index (χ3v) is 7.56. The van der Waals surface area contributed by atoms with Crippen LogP contribution in [-0.2, 0) is 6.42 Å². The van der Waals surface area contributed by atoms with Crippen LogP contribution < -0.4 is 0 Å². The molecule has 0 aliphatic heterocycles. The van der Waals surface area contributed by atoms with Gasteiger partial charge in [0, 0.05) is 29.1 Å². The van der Waals surface area contributed by atoms with Crippen LogP contribution in [0, 0.1) is 0 Å². The van der Waals surface area contributed by atoms with Crippen LogP contribution in [0.3, 0.4) is 0 Å². The first-order valence-electron chi connectivity index (χ1n) is 14.1. The molecule has 7 aromatic rings. The molecule has 0 N–H and O–H groups in total. The maximum atomic E-state index is 6.38. The van der Waals surface area contributed by atoms with Gasteiger partial charge in [0.1, 0.15) is 23.7 Å². The first kappa shape index (κ1) is 25.0. The summed E-state index contributed by atoms with van der Waals surface area (Å²) in [6.45, 7) is 0. The Balaban J connectivity index is 1.26. The molecule has 43 heavy (non-hydrogen) atoms. The zero-order valence-electron chi connectivity index (χ0n) is 23.0. The van der Waals surface area contributed by atoms with Gasteiger partial charge in [0.05, 0.1) is 17.3 Å². The molecule has 4 heterocycles. The van der Waals surface area contributed by atoms with Gasteiger partial charge in [-0.05, 0) is 72.5 Å². The van der Waals surface area contributed by atoms with Gasteiger partial charge >= 0.3 is 0 Å². The molecule has 1 aliphatic rings. The highest BCUT2D eigenvalue weighted by molar-refractivity contribution is 5.92. The number of fused-ring (bicyclic) bond motifs is 2. The molecule has 0 bridgehead atoms. The molecular formula is C35H24N6O2. The summed E-state index contributed by atoms with van der Waals surface area (Å²) < 4.78 is 12.7. The van der Waals surface area contributed by atoms with Crippen molar-refractivity contribution in [3.63, 3.8) is 0 Å². The summed E-state index contributed by atoms with van der Waals surface area (Å²) in [6.07, 6.45) is 16.4. The lowest BCUT2D eigenvalue weighted by atomic mass is 9.98. The van der Waals surface area contributed by atoms with Gasteiger partial charge in [0.15, 0.2) is 11.2 Å². The number of hydrogen-bond acceptors (Lipinski definition) is 8. The highest BCUT2D eigenvalue weighted by Crippen LogP contribution is 2.36. The van der Waals surface area contributed by atoms with Crippen LogP contribution in [0.5, 0.6) is 0 Å². The van der Waals surface area contributed by atoms with Crippen LogP contribution in [0.1, 0.15) is 29.4 Å². The molecule has 4 aromatic heterocycles. The van der Waals surface area contributed by atoms with E-state index in [0.29, 0.717) is 23.8 Å². The molecule has 8 nitrogen and oxygen atoms in total. The lowest BCUT2D eigenvalue weighted by Crippen LogP contribution is -1.95. The Hall–Kier alpha value is -5.76. The van der Waals surface area contributed by atoms with E-state index in [0.717, 1.165) is 62.2 Å². The van der Waals surface area contributed by atoms with Gasteiger partial charge in [-0.25, -0.2) is 29.9 Å². The quantitative estimate of drug-likeness (QED) is 0.203. The van der Waals surface area contributed by atoms with Gasteiger partial charge in [-0.15, -0.1) is 0 Å². The normalized spacial score (nSPS) is 14.6. The number of oxazole rings is 2. The second kappa shape index (κ2) is 10.6. The van der Waals surface area contributed by atoms with Gasteiger partial charge in [-0.3, -0.25) is 0 Å². The summed E-state index contributed by atoms with van der Waals surface area (Å²) in [4.78, 5) is 27.1. The zero-order chi connectivity index (χ0) is 28.6. The lowest BCUT2D eigenvalue weighted by molar-refractivity contribution is 0.505. The Morgan fingerprint density at radius 3 is 2.00 bits per heavy atom. The van der Waals surface area contributed by atoms with Crippen LogP contribution in [-0.4, -0.2) is 29.9 Å². The second-order valence-electron chi connectivity index (χ2n) is 10.4. The molecule has 8 heteroatoms. The third kappa shape index (κ3) is 4.78. The molecule has 0 saturated carbocycles. The third-order valence-electron chi connectivity index (χ3n) is 7.56. The van der Waals surface area contributed by atoms with Crippen LogP contribution in [0.2, 0.25) is 0 Å². The van der Waals surface area contributed by atoms with Gasteiger partial charge < -0.3 is 8.83 Å². The summed E-state index contributed by atoms with van der Waals surface area (Å²) in [7, 11) is 0. The van der Waals surface area contributed by atoms with Gasteiger partial charge in [0.2, 0.25) is 11.8 Å². The smallest absolute Gasteiger partial charge is 0.227 e. The number of allylic oxidation sites excluding steroid dienone is 4. The van der Waals surface area contributed by atoms with Crippen molar-refractivity contribution >= 4 is 22.2 Å². The van der Waals surface area contributed by atoms with E-state index in [4.69, 9.17) is 18.8 Å². The van der Waals surface area contributed by atoms with E-state index in [9.17, 15) is 0 Å². The molecular weight excluding hydrogens is 536 g/mol. The summed E-state index contributed by atoms with van der Waals surface area (Å²) in [5.74, 6) is 1.37. The molecule has 0 radical (unpaired) electrons. The summed E-state index contributed by atoms with van der Waals surface area (Å²) in [6, 6.07) is 22.1. The summed E-state index contributed by atoms with van der Waals surface area (Å²) >= 11 is 0. The van der Waals surface area contributed by atoms with E-state index >= 15 is 0 Å². The number of aromatic nitrogens is 6. The number of nitrogens with zero attached hydrogens (tertiary/aromatic N) is 6. The van der Waals surface area contributed by atoms with Crippen molar-refractivity contribution in [3.8, 4) is 34.0 Å². The molecule has 3 aromatic carbocycles. The Bertz CT molecular complexity index is 2130. The second-order valence-corrected chi connectivity index (χ2v) is 10.4. The van der Waals surface area contributed by atoms with E-state index < -0.39 is 0 Å². The van der Waals surface area contributed by atoms with Crippen LogP contribution in [0.25, 0.3) is 56.2 Å². The number of rotatable bonds is 6. The number of hydrogen-bond donors (Lipinski definition) is 0. The minimum Gasteiger partial charge on any atom is -0.439 e. The van der Waals surface area contributed by atoms with Gasteiger partial charge in [-0.1, -0.05) is 42.5 Å². The van der Waals surface area contributed by atoms with Crippen molar-refractivity contribution in [2.75, 3.05) is 0 Å². The Kier molecular flexibility index (Phi) is 6.14. The average Bonchev–Trinajstić information content (AvgIpc) is 3.71. The van der Waals surface area contributed by atoms with Crippen molar-refractivity contribution in [1.82, 2.24) is 29.9 Å². The molecule has 0 spiro atoms. The number of benzene rings is 3. The van der Waals surface area contributed by atoms with E-state index in [-0.39, 0.29) is 5.92 Å². The van der Waals surface area contributed by atoms with Crippen LogP contribution in [0.15, 0.2) is 125 Å². The fraction of sp³-hybridized carbons (Fsp3) is 0.0857. The van der Waals surface area contributed by atoms with E-state index in [1.54, 1.807) is 25.0 Å². The molecule has 206 valence electrons. The van der Waals surface area contributed by atoms with Gasteiger partial charge in [-0.2, -0.15) is 0 Å². The van der Waals surface area contributed by atoms with Crippen molar-refractivity contribution < 1.29 is 8.83 Å². The highest BCUT2D eigenvalue weighted by atomic mass is 16.4. The first-order valence-corrected chi connectivity index (χ1v) is 14.1. The first-order chi connectivity index (χ1) is 21.3. The zero-order valence-corrected chi connectivity index (χ0v) is 23.0. The average molecular weight is 561 g/mol. The highest BCUT2D eigenvalue weighted by Gasteiger charge is 2.21. The SMILES string of the molecule is C1=CCC(c2nc3cc(Cc4cc(-c5ccncn5)c5oc(-c6ccccc6)nc5c4)cc(-c4ccncn4)c3o2)C=C1.